The lowest BCUT2D eigenvalue weighted by Crippen LogP contribution is -2.15. The minimum absolute atomic E-state index is 0.124. The molecule has 0 heterocycles. The van der Waals surface area contributed by atoms with Crippen LogP contribution in [0.4, 0.5) is 10.1 Å². The maximum Gasteiger partial charge on any atom is 0.228 e. The number of benzene rings is 2. The first-order valence-electron chi connectivity index (χ1n) is 6.84. The Balaban J connectivity index is 2.06. The Hall–Kier alpha value is -2.36. The lowest BCUT2D eigenvalue weighted by atomic mass is 10.1. The van der Waals surface area contributed by atoms with Gasteiger partial charge in [-0.05, 0) is 35.7 Å². The van der Waals surface area contributed by atoms with Crippen molar-refractivity contribution in [2.24, 2.45) is 0 Å². The van der Waals surface area contributed by atoms with Gasteiger partial charge < -0.3 is 10.1 Å². The van der Waals surface area contributed by atoms with E-state index in [4.69, 9.17) is 4.74 Å². The molecule has 2 rings (SSSR count). The number of hydrogen-bond acceptors (Lipinski definition) is 2. The van der Waals surface area contributed by atoms with Gasteiger partial charge in [-0.15, -0.1) is 0 Å². The number of aryl methyl sites for hydroxylation is 1. The molecule has 0 aliphatic rings. The van der Waals surface area contributed by atoms with E-state index < -0.39 is 5.82 Å². The van der Waals surface area contributed by atoms with E-state index in [0.29, 0.717) is 5.56 Å². The van der Waals surface area contributed by atoms with E-state index >= 15 is 0 Å². The second-order valence-electron chi connectivity index (χ2n) is 4.70. The van der Waals surface area contributed by atoms with Gasteiger partial charge in [0.2, 0.25) is 5.91 Å². The monoisotopic (exact) mass is 287 g/mol. The van der Waals surface area contributed by atoms with E-state index in [-0.39, 0.29) is 18.1 Å². The molecule has 0 radical (unpaired) electrons. The van der Waals surface area contributed by atoms with Gasteiger partial charge in [-0.2, -0.15) is 0 Å². The molecular formula is C17H18FNO2. The van der Waals surface area contributed by atoms with Gasteiger partial charge in [-0.3, -0.25) is 4.79 Å². The van der Waals surface area contributed by atoms with Crippen LogP contribution in [0.2, 0.25) is 0 Å². The Morgan fingerprint density at radius 1 is 1.24 bits per heavy atom. The molecule has 0 saturated carbocycles. The van der Waals surface area contributed by atoms with Gasteiger partial charge in [-0.1, -0.05) is 31.2 Å². The fourth-order valence-electron chi connectivity index (χ4n) is 2.15. The van der Waals surface area contributed by atoms with Crippen molar-refractivity contribution in [2.45, 2.75) is 19.8 Å². The van der Waals surface area contributed by atoms with Crippen LogP contribution < -0.4 is 10.1 Å². The van der Waals surface area contributed by atoms with Gasteiger partial charge in [-0.25, -0.2) is 4.39 Å². The molecule has 0 saturated heterocycles. The number of nitrogens with one attached hydrogen (secondary N) is 1. The summed E-state index contributed by atoms with van der Waals surface area (Å²) in [4.78, 5) is 12.1. The first-order chi connectivity index (χ1) is 10.1. The van der Waals surface area contributed by atoms with Crippen molar-refractivity contribution < 1.29 is 13.9 Å². The van der Waals surface area contributed by atoms with Gasteiger partial charge in [0, 0.05) is 5.69 Å². The first kappa shape index (κ1) is 15.0. The van der Waals surface area contributed by atoms with Crippen molar-refractivity contribution in [2.75, 3.05) is 12.4 Å². The predicted octanol–water partition coefficient (Wildman–Crippen LogP) is 3.58. The molecule has 2 aromatic carbocycles. The molecule has 0 fully saturated rings. The number of ether oxygens (including phenoxy) is 1. The fraction of sp³-hybridized carbons (Fsp3) is 0.235. The Morgan fingerprint density at radius 3 is 2.67 bits per heavy atom. The van der Waals surface area contributed by atoms with E-state index in [1.807, 2.05) is 31.2 Å². The number of carbonyl (C=O) groups is 1. The predicted molar refractivity (Wildman–Crippen MR) is 81.1 cm³/mol. The molecule has 0 aromatic heterocycles. The van der Waals surface area contributed by atoms with Crippen molar-refractivity contribution in [3.63, 3.8) is 0 Å². The van der Waals surface area contributed by atoms with E-state index in [2.05, 4.69) is 5.32 Å². The maximum atomic E-state index is 13.6. The lowest BCUT2D eigenvalue weighted by Gasteiger charge is -2.10. The minimum Gasteiger partial charge on any atom is -0.494 e. The highest BCUT2D eigenvalue weighted by atomic mass is 19.1. The van der Waals surface area contributed by atoms with Crippen LogP contribution in [0.25, 0.3) is 0 Å². The summed E-state index contributed by atoms with van der Waals surface area (Å²) < 4.78 is 18.4. The van der Waals surface area contributed by atoms with Crippen LogP contribution >= 0.6 is 0 Å². The van der Waals surface area contributed by atoms with Gasteiger partial charge in [0.25, 0.3) is 0 Å². The van der Waals surface area contributed by atoms with Crippen LogP contribution in [0, 0.1) is 5.82 Å². The topological polar surface area (TPSA) is 38.3 Å². The first-order valence-corrected chi connectivity index (χ1v) is 6.84. The zero-order chi connectivity index (χ0) is 15.2. The van der Waals surface area contributed by atoms with Crippen molar-refractivity contribution in [3.05, 3.63) is 59.4 Å². The Bertz CT molecular complexity index is 640. The summed E-state index contributed by atoms with van der Waals surface area (Å²) in [7, 11) is 1.41. The summed E-state index contributed by atoms with van der Waals surface area (Å²) in [6, 6.07) is 12.2. The van der Waals surface area contributed by atoms with Gasteiger partial charge in [0.1, 0.15) is 0 Å². The molecule has 21 heavy (non-hydrogen) atoms. The van der Waals surface area contributed by atoms with Crippen LogP contribution in [-0.2, 0) is 17.6 Å². The van der Waals surface area contributed by atoms with Gasteiger partial charge in [0.05, 0.1) is 13.5 Å². The number of amides is 1. The Kier molecular flexibility index (Phi) is 4.93. The van der Waals surface area contributed by atoms with E-state index in [1.54, 1.807) is 6.07 Å². The molecule has 2 aromatic rings. The van der Waals surface area contributed by atoms with E-state index in [9.17, 15) is 9.18 Å². The third kappa shape index (κ3) is 3.81. The highest BCUT2D eigenvalue weighted by Crippen LogP contribution is 2.19. The Labute approximate surface area is 123 Å². The zero-order valence-corrected chi connectivity index (χ0v) is 12.2. The molecule has 4 heteroatoms. The smallest absolute Gasteiger partial charge is 0.228 e. The number of anilines is 1. The average Bonchev–Trinajstić information content (AvgIpc) is 2.48. The van der Waals surface area contributed by atoms with Gasteiger partial charge >= 0.3 is 0 Å². The molecule has 0 aliphatic heterocycles. The lowest BCUT2D eigenvalue weighted by molar-refractivity contribution is -0.115. The van der Waals surface area contributed by atoms with Crippen molar-refractivity contribution >= 4 is 11.6 Å². The summed E-state index contributed by atoms with van der Waals surface area (Å²) in [6.07, 6.45) is 0.965. The second kappa shape index (κ2) is 6.88. The van der Waals surface area contributed by atoms with E-state index in [1.165, 1.54) is 19.2 Å². The summed E-state index contributed by atoms with van der Waals surface area (Å²) >= 11 is 0. The number of halogens is 1. The fourth-order valence-corrected chi connectivity index (χ4v) is 2.15. The highest BCUT2D eigenvalue weighted by Gasteiger charge is 2.09. The maximum absolute atomic E-state index is 13.6. The number of carbonyl (C=O) groups excluding carboxylic acids is 1. The zero-order valence-electron chi connectivity index (χ0n) is 12.2. The number of para-hydroxylation sites is 1. The highest BCUT2D eigenvalue weighted by molar-refractivity contribution is 5.93. The summed E-state index contributed by atoms with van der Waals surface area (Å²) in [5.41, 5.74) is 2.49. The number of methoxy groups -OCH3 is 1. The SMILES string of the molecule is CCc1ccccc1NC(=O)Cc1ccc(OC)c(F)c1. The standard InChI is InChI=1S/C17H18FNO2/c1-3-13-6-4-5-7-15(13)19-17(20)11-12-8-9-16(21-2)14(18)10-12/h4-10H,3,11H2,1-2H3,(H,19,20). The molecule has 0 aliphatic carbocycles. The summed E-state index contributed by atoms with van der Waals surface area (Å²) in [5, 5.41) is 2.87. The molecule has 1 N–H and O–H groups in total. The molecule has 1 amide bonds. The third-order valence-electron chi connectivity index (χ3n) is 3.25. The van der Waals surface area contributed by atoms with E-state index in [0.717, 1.165) is 17.7 Å². The molecule has 0 unspecified atom stereocenters. The van der Waals surface area contributed by atoms with Crippen molar-refractivity contribution in [1.82, 2.24) is 0 Å². The second-order valence-corrected chi connectivity index (χ2v) is 4.70. The largest absolute Gasteiger partial charge is 0.494 e. The molecule has 3 nitrogen and oxygen atoms in total. The Morgan fingerprint density at radius 2 is 2.00 bits per heavy atom. The minimum atomic E-state index is -0.461. The number of rotatable bonds is 5. The number of hydrogen-bond donors (Lipinski definition) is 1. The van der Waals surface area contributed by atoms with Crippen LogP contribution in [0.15, 0.2) is 42.5 Å². The third-order valence-corrected chi connectivity index (χ3v) is 3.25. The molecule has 0 bridgehead atoms. The molecule has 110 valence electrons. The van der Waals surface area contributed by atoms with Crippen LogP contribution in [0.3, 0.4) is 0 Å². The average molecular weight is 287 g/mol. The van der Waals surface area contributed by atoms with Crippen molar-refractivity contribution in [1.29, 1.82) is 0 Å². The molecule has 0 atom stereocenters. The molecule has 0 spiro atoms. The molecular weight excluding hydrogens is 269 g/mol. The summed E-state index contributed by atoms with van der Waals surface area (Å²) in [6.45, 7) is 2.03. The van der Waals surface area contributed by atoms with Crippen LogP contribution in [0.1, 0.15) is 18.1 Å². The quantitative estimate of drug-likeness (QED) is 0.913. The summed E-state index contributed by atoms with van der Waals surface area (Å²) in [5.74, 6) is -0.451. The van der Waals surface area contributed by atoms with Crippen LogP contribution in [0.5, 0.6) is 5.75 Å². The van der Waals surface area contributed by atoms with Crippen LogP contribution in [-0.4, -0.2) is 13.0 Å². The normalized spacial score (nSPS) is 10.2. The van der Waals surface area contributed by atoms with Crippen molar-refractivity contribution in [3.8, 4) is 5.75 Å². The van der Waals surface area contributed by atoms with Gasteiger partial charge in [0.15, 0.2) is 11.6 Å².